The lowest BCUT2D eigenvalue weighted by atomic mass is 10.1. The quantitative estimate of drug-likeness (QED) is 0.783. The minimum Gasteiger partial charge on any atom is -0.424 e. The van der Waals surface area contributed by atoms with Crippen LogP contribution in [-0.4, -0.2) is 17.2 Å². The standard InChI is InChI=1S/C10H19N3O/c1-5-7(2)6-9-12-13-10(14-9)8(3)11-4/h7-8,11H,5-6H2,1-4H3. The SMILES string of the molecule is CCC(C)Cc1nnc(C(C)NC)o1. The Morgan fingerprint density at radius 1 is 1.36 bits per heavy atom. The second-order valence-electron chi connectivity index (χ2n) is 3.76. The number of hydrogen-bond donors (Lipinski definition) is 1. The predicted octanol–water partition coefficient (Wildman–Crippen LogP) is 1.94. The van der Waals surface area contributed by atoms with Gasteiger partial charge in [0.25, 0.3) is 0 Å². The lowest BCUT2D eigenvalue weighted by molar-refractivity contribution is 0.383. The Balaban J connectivity index is 2.59. The van der Waals surface area contributed by atoms with E-state index in [9.17, 15) is 0 Å². The lowest BCUT2D eigenvalue weighted by Crippen LogP contribution is -2.12. The van der Waals surface area contributed by atoms with Crippen LogP contribution in [0.25, 0.3) is 0 Å². The van der Waals surface area contributed by atoms with E-state index in [0.717, 1.165) is 18.7 Å². The van der Waals surface area contributed by atoms with Crippen molar-refractivity contribution in [1.82, 2.24) is 15.5 Å². The molecule has 80 valence electrons. The van der Waals surface area contributed by atoms with Crippen LogP contribution in [0, 0.1) is 5.92 Å². The summed E-state index contributed by atoms with van der Waals surface area (Å²) in [6.07, 6.45) is 2.01. The fourth-order valence-corrected chi connectivity index (χ4v) is 1.09. The van der Waals surface area contributed by atoms with Gasteiger partial charge in [-0.15, -0.1) is 10.2 Å². The fraction of sp³-hybridized carbons (Fsp3) is 0.800. The Labute approximate surface area is 85.1 Å². The van der Waals surface area contributed by atoms with E-state index < -0.39 is 0 Å². The van der Waals surface area contributed by atoms with Crippen molar-refractivity contribution in [3.63, 3.8) is 0 Å². The van der Waals surface area contributed by atoms with E-state index in [0.29, 0.717) is 11.8 Å². The van der Waals surface area contributed by atoms with Crippen molar-refractivity contribution < 1.29 is 4.42 Å². The van der Waals surface area contributed by atoms with Crippen LogP contribution in [-0.2, 0) is 6.42 Å². The molecule has 1 aromatic rings. The third kappa shape index (κ3) is 2.80. The molecule has 0 saturated carbocycles. The topological polar surface area (TPSA) is 51.0 Å². The van der Waals surface area contributed by atoms with E-state index >= 15 is 0 Å². The van der Waals surface area contributed by atoms with Crippen molar-refractivity contribution in [2.24, 2.45) is 5.92 Å². The lowest BCUT2D eigenvalue weighted by Gasteiger charge is -2.04. The molecule has 0 amide bonds. The molecule has 0 fully saturated rings. The zero-order chi connectivity index (χ0) is 10.6. The summed E-state index contributed by atoms with van der Waals surface area (Å²) >= 11 is 0. The minimum absolute atomic E-state index is 0.133. The Morgan fingerprint density at radius 3 is 2.64 bits per heavy atom. The number of hydrogen-bond acceptors (Lipinski definition) is 4. The monoisotopic (exact) mass is 197 g/mol. The van der Waals surface area contributed by atoms with E-state index in [1.165, 1.54) is 0 Å². The average Bonchev–Trinajstić information content (AvgIpc) is 2.65. The van der Waals surface area contributed by atoms with Crippen molar-refractivity contribution >= 4 is 0 Å². The third-order valence-corrected chi connectivity index (χ3v) is 2.51. The van der Waals surface area contributed by atoms with Crippen LogP contribution < -0.4 is 5.32 Å². The summed E-state index contributed by atoms with van der Waals surface area (Å²) in [6, 6.07) is 0.133. The molecule has 0 aliphatic rings. The molecule has 0 saturated heterocycles. The van der Waals surface area contributed by atoms with Gasteiger partial charge in [0.05, 0.1) is 6.04 Å². The highest BCUT2D eigenvalue weighted by Gasteiger charge is 2.13. The molecule has 0 aromatic carbocycles. The molecule has 1 rings (SSSR count). The molecule has 2 unspecified atom stereocenters. The molecule has 1 heterocycles. The summed E-state index contributed by atoms with van der Waals surface area (Å²) < 4.78 is 5.52. The van der Waals surface area contributed by atoms with Crippen LogP contribution >= 0.6 is 0 Å². The summed E-state index contributed by atoms with van der Waals surface area (Å²) in [7, 11) is 1.88. The Kier molecular flexibility index (Phi) is 4.07. The van der Waals surface area contributed by atoms with Crippen molar-refractivity contribution in [2.45, 2.75) is 39.7 Å². The van der Waals surface area contributed by atoms with E-state index in [-0.39, 0.29) is 6.04 Å². The maximum atomic E-state index is 5.52. The van der Waals surface area contributed by atoms with E-state index in [4.69, 9.17) is 4.42 Å². The first-order valence-electron chi connectivity index (χ1n) is 5.16. The van der Waals surface area contributed by atoms with Crippen LogP contribution in [0.2, 0.25) is 0 Å². The average molecular weight is 197 g/mol. The van der Waals surface area contributed by atoms with Crippen molar-refractivity contribution in [1.29, 1.82) is 0 Å². The fourth-order valence-electron chi connectivity index (χ4n) is 1.09. The molecule has 14 heavy (non-hydrogen) atoms. The van der Waals surface area contributed by atoms with E-state index in [2.05, 4.69) is 29.4 Å². The molecule has 1 aromatic heterocycles. The maximum Gasteiger partial charge on any atom is 0.233 e. The summed E-state index contributed by atoms with van der Waals surface area (Å²) in [4.78, 5) is 0. The summed E-state index contributed by atoms with van der Waals surface area (Å²) in [5.41, 5.74) is 0. The number of aromatic nitrogens is 2. The number of nitrogens with one attached hydrogen (secondary N) is 1. The summed E-state index contributed by atoms with van der Waals surface area (Å²) in [5, 5.41) is 11.1. The highest BCUT2D eigenvalue weighted by Crippen LogP contribution is 2.14. The van der Waals surface area contributed by atoms with Gasteiger partial charge < -0.3 is 9.73 Å². The van der Waals surface area contributed by atoms with Gasteiger partial charge in [-0.25, -0.2) is 0 Å². The molecule has 0 radical (unpaired) electrons. The van der Waals surface area contributed by atoms with E-state index in [1.807, 2.05) is 14.0 Å². The van der Waals surface area contributed by atoms with Gasteiger partial charge in [-0.2, -0.15) is 0 Å². The Bertz CT molecular complexity index is 272. The Morgan fingerprint density at radius 2 is 2.07 bits per heavy atom. The second-order valence-corrected chi connectivity index (χ2v) is 3.76. The van der Waals surface area contributed by atoms with Gasteiger partial charge in [-0.05, 0) is 19.9 Å². The smallest absolute Gasteiger partial charge is 0.233 e. The molecule has 4 nitrogen and oxygen atoms in total. The van der Waals surface area contributed by atoms with E-state index in [1.54, 1.807) is 0 Å². The molecule has 0 aliphatic heterocycles. The van der Waals surface area contributed by atoms with Crippen molar-refractivity contribution in [3.8, 4) is 0 Å². The third-order valence-electron chi connectivity index (χ3n) is 2.51. The van der Waals surface area contributed by atoms with Crippen molar-refractivity contribution in [3.05, 3.63) is 11.8 Å². The molecule has 0 aliphatic carbocycles. The molecule has 0 spiro atoms. The van der Waals surface area contributed by atoms with Crippen LogP contribution in [0.15, 0.2) is 4.42 Å². The van der Waals surface area contributed by atoms with Gasteiger partial charge >= 0.3 is 0 Å². The normalized spacial score (nSPS) is 15.4. The molecular weight excluding hydrogens is 178 g/mol. The largest absolute Gasteiger partial charge is 0.424 e. The minimum atomic E-state index is 0.133. The van der Waals surface area contributed by atoms with Crippen LogP contribution in [0.3, 0.4) is 0 Å². The highest BCUT2D eigenvalue weighted by molar-refractivity contribution is 4.88. The van der Waals surface area contributed by atoms with Crippen LogP contribution in [0.4, 0.5) is 0 Å². The predicted molar refractivity (Wildman–Crippen MR) is 54.9 cm³/mol. The van der Waals surface area contributed by atoms with Gasteiger partial charge in [0.15, 0.2) is 0 Å². The van der Waals surface area contributed by atoms with Crippen molar-refractivity contribution in [2.75, 3.05) is 7.05 Å². The van der Waals surface area contributed by atoms with Gasteiger partial charge in [0, 0.05) is 6.42 Å². The molecule has 0 bridgehead atoms. The highest BCUT2D eigenvalue weighted by atomic mass is 16.4. The zero-order valence-corrected chi connectivity index (χ0v) is 9.37. The molecular formula is C10H19N3O. The number of nitrogens with zero attached hydrogens (tertiary/aromatic N) is 2. The molecule has 1 N–H and O–H groups in total. The van der Waals surface area contributed by atoms with Gasteiger partial charge in [-0.3, -0.25) is 0 Å². The first-order chi connectivity index (χ1) is 6.67. The maximum absolute atomic E-state index is 5.52. The zero-order valence-electron chi connectivity index (χ0n) is 9.37. The Hall–Kier alpha value is -0.900. The first kappa shape index (κ1) is 11.2. The molecule has 2 atom stereocenters. The van der Waals surface area contributed by atoms with Gasteiger partial charge in [0.1, 0.15) is 0 Å². The second kappa shape index (κ2) is 5.10. The number of rotatable bonds is 5. The van der Waals surface area contributed by atoms with Crippen LogP contribution in [0.1, 0.15) is 45.0 Å². The summed E-state index contributed by atoms with van der Waals surface area (Å²) in [5.74, 6) is 2.02. The van der Waals surface area contributed by atoms with Gasteiger partial charge in [-0.1, -0.05) is 20.3 Å². The van der Waals surface area contributed by atoms with Gasteiger partial charge in [0.2, 0.25) is 11.8 Å². The first-order valence-corrected chi connectivity index (χ1v) is 5.16. The van der Waals surface area contributed by atoms with Crippen LogP contribution in [0.5, 0.6) is 0 Å². The molecule has 4 heteroatoms. The summed E-state index contributed by atoms with van der Waals surface area (Å²) in [6.45, 7) is 6.35.